The van der Waals surface area contributed by atoms with Crippen molar-refractivity contribution in [2.75, 3.05) is 0 Å². The maximum Gasteiger partial charge on any atom is 0.00586 e. The SMILES string of the molecule is C=CCCCCCCC(Cc1cccc2c1Cc1ccccc1-2)C1C=Cc2ccccc21. The maximum atomic E-state index is 3.86. The lowest BCUT2D eigenvalue weighted by atomic mass is 9.79. The van der Waals surface area contributed by atoms with Gasteiger partial charge in [0.15, 0.2) is 0 Å². The predicted molar refractivity (Wildman–Crippen MR) is 138 cm³/mol. The van der Waals surface area contributed by atoms with Crippen molar-refractivity contribution in [3.8, 4) is 11.1 Å². The van der Waals surface area contributed by atoms with Crippen LogP contribution < -0.4 is 0 Å². The standard InChI is InChI=1S/C32H34/c1-2-3-4-5-6-7-14-25(30-21-20-24-13-8-10-17-28(24)30)22-26-16-12-19-31-29-18-11-9-15-27(29)23-32(26)31/h2,8-13,15-21,25,30H,1,3-7,14,22-23H2. The Morgan fingerprint density at radius 3 is 2.59 bits per heavy atom. The van der Waals surface area contributed by atoms with Crippen LogP contribution in [0.4, 0.5) is 0 Å². The molecule has 2 aliphatic carbocycles. The number of allylic oxidation sites excluding steroid dienone is 2. The van der Waals surface area contributed by atoms with Crippen LogP contribution in [0.25, 0.3) is 17.2 Å². The number of fused-ring (bicyclic) bond motifs is 4. The first-order valence-corrected chi connectivity index (χ1v) is 12.4. The Labute approximate surface area is 193 Å². The summed E-state index contributed by atoms with van der Waals surface area (Å²) in [7, 11) is 0. The molecule has 5 rings (SSSR count). The predicted octanol–water partition coefficient (Wildman–Crippen LogP) is 8.75. The van der Waals surface area contributed by atoms with Crippen molar-refractivity contribution >= 4 is 6.08 Å². The summed E-state index contributed by atoms with van der Waals surface area (Å²) in [5.41, 5.74) is 10.5. The smallest absolute Gasteiger partial charge is 0.00586 e. The molecule has 2 aliphatic rings. The first-order chi connectivity index (χ1) is 15.8. The average Bonchev–Trinajstić information content (AvgIpc) is 3.43. The lowest BCUT2D eigenvalue weighted by molar-refractivity contribution is 0.416. The van der Waals surface area contributed by atoms with Gasteiger partial charge in [-0.2, -0.15) is 0 Å². The molecule has 0 aliphatic heterocycles. The fourth-order valence-corrected chi connectivity index (χ4v) is 5.84. The Morgan fingerprint density at radius 2 is 1.66 bits per heavy atom. The molecule has 0 radical (unpaired) electrons. The molecule has 0 amide bonds. The molecule has 0 saturated carbocycles. The molecule has 0 heterocycles. The second-order valence-corrected chi connectivity index (χ2v) is 9.54. The van der Waals surface area contributed by atoms with Crippen molar-refractivity contribution < 1.29 is 0 Å². The summed E-state index contributed by atoms with van der Waals surface area (Å²) in [6, 6.07) is 25.0. The van der Waals surface area contributed by atoms with Crippen LogP contribution in [-0.4, -0.2) is 0 Å². The normalized spacial score (nSPS) is 16.4. The highest BCUT2D eigenvalue weighted by Gasteiger charge is 2.28. The van der Waals surface area contributed by atoms with Gasteiger partial charge in [-0.15, -0.1) is 6.58 Å². The quantitative estimate of drug-likeness (QED) is 0.178. The van der Waals surface area contributed by atoms with Gasteiger partial charge in [0.05, 0.1) is 0 Å². The van der Waals surface area contributed by atoms with Gasteiger partial charge in [0, 0.05) is 5.92 Å². The summed E-state index contributed by atoms with van der Waals surface area (Å²) in [5, 5.41) is 0. The van der Waals surface area contributed by atoms with Crippen LogP contribution >= 0.6 is 0 Å². The lowest BCUT2D eigenvalue weighted by Crippen LogP contribution is -2.14. The van der Waals surface area contributed by atoms with E-state index in [1.165, 1.54) is 66.3 Å². The minimum atomic E-state index is 0.541. The highest BCUT2D eigenvalue weighted by molar-refractivity contribution is 5.77. The van der Waals surface area contributed by atoms with Crippen molar-refractivity contribution in [1.82, 2.24) is 0 Å². The molecule has 0 N–H and O–H groups in total. The van der Waals surface area contributed by atoms with Gasteiger partial charge in [-0.1, -0.05) is 104 Å². The van der Waals surface area contributed by atoms with E-state index >= 15 is 0 Å². The Bertz CT molecular complexity index is 1120. The van der Waals surface area contributed by atoms with Crippen LogP contribution in [0.2, 0.25) is 0 Å². The van der Waals surface area contributed by atoms with Crippen LogP contribution in [0.1, 0.15) is 72.3 Å². The zero-order valence-corrected chi connectivity index (χ0v) is 19.1. The first kappa shape index (κ1) is 21.0. The van der Waals surface area contributed by atoms with Crippen molar-refractivity contribution in [2.24, 2.45) is 5.92 Å². The third-order valence-electron chi connectivity index (χ3n) is 7.51. The summed E-state index contributed by atoms with van der Waals surface area (Å²) in [6.45, 7) is 3.86. The minimum absolute atomic E-state index is 0.541. The fraction of sp³-hybridized carbons (Fsp3) is 0.312. The number of hydrogen-bond donors (Lipinski definition) is 0. The zero-order valence-electron chi connectivity index (χ0n) is 19.1. The van der Waals surface area contributed by atoms with Crippen molar-refractivity contribution in [3.05, 3.63) is 113 Å². The molecule has 0 bridgehead atoms. The fourth-order valence-electron chi connectivity index (χ4n) is 5.84. The average molecular weight is 419 g/mol. The molecule has 3 aromatic rings. The molecular weight excluding hydrogens is 384 g/mol. The second-order valence-electron chi connectivity index (χ2n) is 9.54. The van der Waals surface area contributed by atoms with Crippen LogP contribution in [0.15, 0.2) is 85.5 Å². The van der Waals surface area contributed by atoms with Gasteiger partial charge in [0.25, 0.3) is 0 Å². The van der Waals surface area contributed by atoms with Gasteiger partial charge < -0.3 is 0 Å². The van der Waals surface area contributed by atoms with Gasteiger partial charge in [0.2, 0.25) is 0 Å². The summed E-state index contributed by atoms with van der Waals surface area (Å²) >= 11 is 0. The molecule has 0 aromatic heterocycles. The molecule has 0 heteroatoms. The molecular formula is C32H34. The highest BCUT2D eigenvalue weighted by atomic mass is 14.3. The molecule has 3 aromatic carbocycles. The highest BCUT2D eigenvalue weighted by Crippen LogP contribution is 2.43. The maximum absolute atomic E-state index is 3.86. The lowest BCUT2D eigenvalue weighted by Gasteiger charge is -2.25. The largest absolute Gasteiger partial charge is 0.103 e. The van der Waals surface area contributed by atoms with E-state index < -0.39 is 0 Å². The Hall–Kier alpha value is -2.86. The summed E-state index contributed by atoms with van der Waals surface area (Å²) in [5.74, 6) is 1.20. The second kappa shape index (κ2) is 9.74. The van der Waals surface area contributed by atoms with Gasteiger partial charge in [0.1, 0.15) is 0 Å². The number of hydrogen-bond acceptors (Lipinski definition) is 0. The molecule has 2 atom stereocenters. The third kappa shape index (κ3) is 4.24. The Balaban J connectivity index is 1.37. The molecule has 32 heavy (non-hydrogen) atoms. The number of rotatable bonds is 10. The van der Waals surface area contributed by atoms with E-state index in [2.05, 4.69) is 91.5 Å². The van der Waals surface area contributed by atoms with Gasteiger partial charge in [-0.05, 0) is 77.0 Å². The van der Waals surface area contributed by atoms with Gasteiger partial charge >= 0.3 is 0 Å². The van der Waals surface area contributed by atoms with E-state index in [4.69, 9.17) is 0 Å². The number of unbranched alkanes of at least 4 members (excludes halogenated alkanes) is 4. The molecule has 162 valence electrons. The van der Waals surface area contributed by atoms with E-state index in [1.54, 1.807) is 11.1 Å². The summed E-state index contributed by atoms with van der Waals surface area (Å²) < 4.78 is 0. The van der Waals surface area contributed by atoms with Crippen LogP contribution in [-0.2, 0) is 12.8 Å². The van der Waals surface area contributed by atoms with Crippen LogP contribution in [0, 0.1) is 5.92 Å². The number of benzene rings is 3. The van der Waals surface area contributed by atoms with E-state index in [-0.39, 0.29) is 0 Å². The van der Waals surface area contributed by atoms with Crippen molar-refractivity contribution in [2.45, 2.75) is 57.3 Å². The summed E-state index contributed by atoms with van der Waals surface area (Å²) in [6.07, 6.45) is 16.9. The molecule has 2 unspecified atom stereocenters. The van der Waals surface area contributed by atoms with Crippen molar-refractivity contribution in [3.63, 3.8) is 0 Å². The van der Waals surface area contributed by atoms with Gasteiger partial charge in [-0.25, -0.2) is 0 Å². The molecule has 0 nitrogen and oxygen atoms in total. The summed E-state index contributed by atoms with van der Waals surface area (Å²) in [4.78, 5) is 0. The minimum Gasteiger partial charge on any atom is -0.103 e. The van der Waals surface area contributed by atoms with Crippen LogP contribution in [0.3, 0.4) is 0 Å². The van der Waals surface area contributed by atoms with Crippen molar-refractivity contribution in [1.29, 1.82) is 0 Å². The Morgan fingerprint density at radius 1 is 0.844 bits per heavy atom. The van der Waals surface area contributed by atoms with E-state index in [9.17, 15) is 0 Å². The Kier molecular flexibility index (Phi) is 6.39. The topological polar surface area (TPSA) is 0 Å². The zero-order chi connectivity index (χ0) is 21.8. The van der Waals surface area contributed by atoms with E-state index in [0.717, 1.165) is 12.8 Å². The molecule has 0 spiro atoms. The molecule has 0 saturated heterocycles. The van der Waals surface area contributed by atoms with Crippen LogP contribution in [0.5, 0.6) is 0 Å². The van der Waals surface area contributed by atoms with E-state index in [0.29, 0.717) is 11.8 Å². The van der Waals surface area contributed by atoms with E-state index in [1.807, 2.05) is 0 Å². The first-order valence-electron chi connectivity index (χ1n) is 12.4. The third-order valence-corrected chi connectivity index (χ3v) is 7.51. The molecule has 0 fully saturated rings. The van der Waals surface area contributed by atoms with Gasteiger partial charge in [-0.3, -0.25) is 0 Å². The monoisotopic (exact) mass is 418 g/mol.